The average molecular weight is 465 g/mol. The van der Waals surface area contributed by atoms with E-state index in [1.807, 2.05) is 29.2 Å². The molecule has 1 N–H and O–H groups in total. The molecule has 4 heterocycles. The molecule has 1 atom stereocenters. The van der Waals surface area contributed by atoms with Crippen molar-refractivity contribution in [1.82, 2.24) is 25.1 Å². The predicted octanol–water partition coefficient (Wildman–Crippen LogP) is 3.56. The van der Waals surface area contributed by atoms with Crippen molar-refractivity contribution in [1.29, 1.82) is 0 Å². The van der Waals surface area contributed by atoms with Gasteiger partial charge in [0.1, 0.15) is 30.0 Å². The zero-order chi connectivity index (χ0) is 22.7. The fourth-order valence-corrected chi connectivity index (χ4v) is 5.01. The summed E-state index contributed by atoms with van der Waals surface area (Å²) in [6, 6.07) is 7.26. The number of nitrogens with one attached hydrogen (secondary N) is 1. The number of ether oxygens (including phenoxy) is 1. The Labute approximate surface area is 192 Å². The second-order valence-electron chi connectivity index (χ2n) is 8.02. The number of hydrogen-bond acceptors (Lipinski definition) is 6. The summed E-state index contributed by atoms with van der Waals surface area (Å²) in [7, 11) is 0. The fraction of sp³-hybridized carbons (Fsp3) is 0.217. The Bertz CT molecular complexity index is 1450. The van der Waals surface area contributed by atoms with Crippen LogP contribution in [0.15, 0.2) is 43.2 Å². The van der Waals surface area contributed by atoms with E-state index >= 15 is 4.39 Å². The highest BCUT2D eigenvalue weighted by molar-refractivity contribution is 6.37. The van der Waals surface area contributed by atoms with E-state index in [4.69, 9.17) is 16.3 Å². The third-order valence-corrected chi connectivity index (χ3v) is 6.63. The summed E-state index contributed by atoms with van der Waals surface area (Å²) in [5.41, 5.74) is 1.40. The number of carbonyl (C=O) groups excluding carboxylic acids is 1. The van der Waals surface area contributed by atoms with Crippen molar-refractivity contribution in [2.24, 2.45) is 0 Å². The molecule has 10 heteroatoms. The minimum absolute atomic E-state index is 0.117. The van der Waals surface area contributed by atoms with E-state index in [1.165, 1.54) is 12.4 Å². The maximum absolute atomic E-state index is 15.9. The number of halogens is 2. The molecule has 0 saturated carbocycles. The number of para-hydroxylation sites is 1. The van der Waals surface area contributed by atoms with Crippen LogP contribution in [0.2, 0.25) is 5.02 Å². The number of aromatic amines is 1. The highest BCUT2D eigenvalue weighted by Crippen LogP contribution is 2.48. The first-order chi connectivity index (χ1) is 16.1. The zero-order valence-corrected chi connectivity index (χ0v) is 18.1. The van der Waals surface area contributed by atoms with Crippen LogP contribution in [0, 0.1) is 5.82 Å². The molecule has 1 amide bonds. The monoisotopic (exact) mass is 464 g/mol. The van der Waals surface area contributed by atoms with Crippen LogP contribution in [0.5, 0.6) is 5.75 Å². The van der Waals surface area contributed by atoms with Crippen molar-refractivity contribution in [3.8, 4) is 17.0 Å². The van der Waals surface area contributed by atoms with Crippen LogP contribution in [-0.4, -0.2) is 63.3 Å². The van der Waals surface area contributed by atoms with Crippen molar-refractivity contribution in [2.45, 2.75) is 6.04 Å². The Morgan fingerprint density at radius 2 is 2.15 bits per heavy atom. The molecule has 0 unspecified atom stereocenters. The number of piperazine rings is 1. The lowest BCUT2D eigenvalue weighted by molar-refractivity contribution is -0.126. The van der Waals surface area contributed by atoms with E-state index in [1.54, 1.807) is 4.90 Å². The first-order valence-electron chi connectivity index (χ1n) is 10.5. The highest BCUT2D eigenvalue weighted by Gasteiger charge is 2.36. The summed E-state index contributed by atoms with van der Waals surface area (Å²) in [4.78, 5) is 24.6. The molecule has 1 saturated heterocycles. The molecule has 0 bridgehead atoms. The smallest absolute Gasteiger partial charge is 0.246 e. The number of carbonyl (C=O) groups is 1. The van der Waals surface area contributed by atoms with Gasteiger partial charge in [0.05, 0.1) is 27.5 Å². The number of fused-ring (bicyclic) bond motifs is 3. The molecular formula is C23H18ClFN6O2. The number of amides is 1. The van der Waals surface area contributed by atoms with Crippen LogP contribution >= 0.6 is 11.6 Å². The molecule has 6 rings (SSSR count). The van der Waals surface area contributed by atoms with Gasteiger partial charge in [-0.2, -0.15) is 5.10 Å². The predicted molar refractivity (Wildman–Crippen MR) is 123 cm³/mol. The van der Waals surface area contributed by atoms with E-state index in [9.17, 15) is 4.79 Å². The van der Waals surface area contributed by atoms with Crippen molar-refractivity contribution >= 4 is 45.1 Å². The molecule has 8 nitrogen and oxygen atoms in total. The second kappa shape index (κ2) is 7.41. The Hall–Kier alpha value is -3.72. The van der Waals surface area contributed by atoms with Crippen LogP contribution < -0.4 is 9.64 Å². The van der Waals surface area contributed by atoms with Crippen molar-refractivity contribution < 1.29 is 13.9 Å². The first kappa shape index (κ1) is 19.9. The Morgan fingerprint density at radius 1 is 1.30 bits per heavy atom. The molecule has 2 aromatic carbocycles. The standard InChI is InChI=1S/C23H18ClFN6O2/c1-2-15(32)30-7-8-31-12(9-30)10-33-22-17-21(26-11-27-23(17)31)19(25)16(18(22)24)20-13-5-3-4-6-14(13)28-29-20/h2-6,11-12H,1,7-10H2,(H,28,29)/t12-/m0/s1. The number of aromatic nitrogens is 4. The lowest BCUT2D eigenvalue weighted by Gasteiger charge is -2.40. The molecule has 2 aliphatic heterocycles. The van der Waals surface area contributed by atoms with Gasteiger partial charge in [-0.3, -0.25) is 9.89 Å². The topological polar surface area (TPSA) is 87.2 Å². The van der Waals surface area contributed by atoms with Gasteiger partial charge in [0.25, 0.3) is 0 Å². The molecule has 0 spiro atoms. The summed E-state index contributed by atoms with van der Waals surface area (Å²) < 4.78 is 22.1. The number of nitrogens with zero attached hydrogens (tertiary/aromatic N) is 5. The van der Waals surface area contributed by atoms with E-state index in [2.05, 4.69) is 26.7 Å². The van der Waals surface area contributed by atoms with Crippen LogP contribution in [0.3, 0.4) is 0 Å². The van der Waals surface area contributed by atoms with Gasteiger partial charge in [0.15, 0.2) is 11.6 Å². The quantitative estimate of drug-likeness (QED) is 0.456. The van der Waals surface area contributed by atoms with Gasteiger partial charge in [0, 0.05) is 25.0 Å². The fourth-order valence-electron chi connectivity index (χ4n) is 4.69. The summed E-state index contributed by atoms with van der Waals surface area (Å²) >= 11 is 6.79. The lowest BCUT2D eigenvalue weighted by atomic mass is 10.0. The van der Waals surface area contributed by atoms with Gasteiger partial charge in [-0.1, -0.05) is 36.4 Å². The molecule has 166 valence electrons. The molecule has 2 aliphatic rings. The third-order valence-electron chi connectivity index (χ3n) is 6.27. The molecule has 2 aromatic heterocycles. The average Bonchev–Trinajstić information content (AvgIpc) is 3.19. The van der Waals surface area contributed by atoms with Crippen LogP contribution in [-0.2, 0) is 4.79 Å². The van der Waals surface area contributed by atoms with Gasteiger partial charge < -0.3 is 14.5 Å². The van der Waals surface area contributed by atoms with E-state index in [-0.39, 0.29) is 34.7 Å². The second-order valence-corrected chi connectivity index (χ2v) is 8.40. The van der Waals surface area contributed by atoms with Gasteiger partial charge in [-0.15, -0.1) is 0 Å². The maximum Gasteiger partial charge on any atom is 0.246 e. The number of anilines is 1. The van der Waals surface area contributed by atoms with Gasteiger partial charge in [-0.25, -0.2) is 14.4 Å². The zero-order valence-electron chi connectivity index (χ0n) is 17.4. The number of hydrogen-bond donors (Lipinski definition) is 1. The van der Waals surface area contributed by atoms with E-state index in [0.717, 1.165) is 10.9 Å². The highest BCUT2D eigenvalue weighted by atomic mass is 35.5. The summed E-state index contributed by atoms with van der Waals surface area (Å²) in [6.07, 6.45) is 2.64. The van der Waals surface area contributed by atoms with Gasteiger partial charge >= 0.3 is 0 Å². The van der Waals surface area contributed by atoms with Crippen LogP contribution in [0.25, 0.3) is 33.1 Å². The van der Waals surface area contributed by atoms with Crippen molar-refractivity contribution in [3.05, 3.63) is 54.1 Å². The van der Waals surface area contributed by atoms with E-state index in [0.29, 0.717) is 42.3 Å². The summed E-state index contributed by atoms with van der Waals surface area (Å²) in [6.45, 7) is 5.27. The minimum Gasteiger partial charge on any atom is -0.489 e. The Kier molecular flexibility index (Phi) is 4.48. The molecule has 4 aromatic rings. The number of H-pyrrole nitrogens is 1. The summed E-state index contributed by atoms with van der Waals surface area (Å²) in [5.74, 6) is 0.146. The van der Waals surface area contributed by atoms with Crippen molar-refractivity contribution in [2.75, 3.05) is 31.1 Å². The first-order valence-corrected chi connectivity index (χ1v) is 10.9. The SMILES string of the molecule is C=CC(=O)N1CCN2c3ncnc4c(F)c(-c5n[nH]c6ccccc56)c(Cl)c(c34)OC[C@@H]2C1. The molecular weight excluding hydrogens is 447 g/mol. The van der Waals surface area contributed by atoms with Crippen molar-refractivity contribution in [3.63, 3.8) is 0 Å². The Balaban J connectivity index is 1.55. The van der Waals surface area contributed by atoms with Crippen LogP contribution in [0.4, 0.5) is 10.2 Å². The third kappa shape index (κ3) is 2.88. The molecule has 1 fully saturated rings. The maximum atomic E-state index is 15.9. The molecule has 33 heavy (non-hydrogen) atoms. The number of rotatable bonds is 2. The van der Waals surface area contributed by atoms with Crippen LogP contribution in [0.1, 0.15) is 0 Å². The lowest BCUT2D eigenvalue weighted by Crippen LogP contribution is -2.56. The summed E-state index contributed by atoms with van der Waals surface area (Å²) in [5, 5.41) is 8.54. The van der Waals surface area contributed by atoms with E-state index < -0.39 is 5.82 Å². The molecule has 0 aliphatic carbocycles. The van der Waals surface area contributed by atoms with Gasteiger partial charge in [0.2, 0.25) is 5.91 Å². The molecule has 0 radical (unpaired) electrons. The minimum atomic E-state index is -0.581. The largest absolute Gasteiger partial charge is 0.489 e. The number of benzene rings is 2. The Morgan fingerprint density at radius 3 is 3.00 bits per heavy atom. The normalized spacial score (nSPS) is 17.6. The van der Waals surface area contributed by atoms with Gasteiger partial charge in [-0.05, 0) is 12.1 Å².